The molecular weight excluding hydrogens is 442 g/mol. The van der Waals surface area contributed by atoms with Crippen molar-refractivity contribution in [2.45, 2.75) is 13.8 Å². The maximum atomic E-state index is 12.7. The predicted molar refractivity (Wildman–Crippen MR) is 124 cm³/mol. The molecule has 0 saturated carbocycles. The molecule has 0 spiro atoms. The second-order valence-corrected chi connectivity index (χ2v) is 7.07. The van der Waals surface area contributed by atoms with Crippen molar-refractivity contribution in [3.63, 3.8) is 0 Å². The maximum absolute atomic E-state index is 12.7. The molecule has 2 aromatic carbocycles. The van der Waals surface area contributed by atoms with Gasteiger partial charge in [-0.25, -0.2) is 4.79 Å². The van der Waals surface area contributed by atoms with E-state index >= 15 is 0 Å². The number of nitrogens with one attached hydrogen (secondary N) is 1. The summed E-state index contributed by atoms with van der Waals surface area (Å²) in [5.74, 6) is -0.534. The van der Waals surface area contributed by atoms with Crippen LogP contribution in [0.3, 0.4) is 0 Å². The van der Waals surface area contributed by atoms with Gasteiger partial charge in [-0.3, -0.25) is 9.59 Å². The number of hydrogen-bond donors (Lipinski definition) is 1. The molecule has 0 aliphatic heterocycles. The third-order valence-corrected chi connectivity index (χ3v) is 4.69. The summed E-state index contributed by atoms with van der Waals surface area (Å²) in [6, 6.07) is 13.0. The Morgan fingerprint density at radius 3 is 2.38 bits per heavy atom. The largest absolute Gasteiger partial charge is 0.497 e. The van der Waals surface area contributed by atoms with Gasteiger partial charge in [0.15, 0.2) is 12.4 Å². The van der Waals surface area contributed by atoms with Gasteiger partial charge in [-0.1, -0.05) is 17.7 Å². The van der Waals surface area contributed by atoms with Crippen molar-refractivity contribution in [1.29, 1.82) is 0 Å². The van der Waals surface area contributed by atoms with Gasteiger partial charge in [0.05, 0.1) is 38.3 Å². The number of anilines is 1. The van der Waals surface area contributed by atoms with Crippen molar-refractivity contribution in [2.75, 3.05) is 32.8 Å². The molecule has 34 heavy (non-hydrogen) atoms. The molecule has 0 fully saturated rings. The fraction of sp³-hybridized carbons (Fsp3) is 0.250. The first kappa shape index (κ1) is 24.3. The molecule has 1 N–H and O–H groups in total. The van der Waals surface area contributed by atoms with E-state index in [0.717, 1.165) is 16.3 Å². The van der Waals surface area contributed by atoms with Crippen LogP contribution in [0.5, 0.6) is 17.2 Å². The number of methoxy groups -OCH3 is 2. The molecule has 1 amide bonds. The Balaban J connectivity index is 1.84. The normalized spacial score (nSPS) is 10.4. The van der Waals surface area contributed by atoms with Crippen LogP contribution < -0.4 is 25.1 Å². The van der Waals surface area contributed by atoms with Gasteiger partial charge in [-0.05, 0) is 38.1 Å². The number of aromatic nitrogens is 2. The molecule has 3 rings (SSSR count). The highest BCUT2D eigenvalue weighted by atomic mass is 16.5. The summed E-state index contributed by atoms with van der Waals surface area (Å²) < 4.78 is 22.0. The first-order chi connectivity index (χ1) is 16.4. The third-order valence-electron chi connectivity index (χ3n) is 4.69. The topological polar surface area (TPSA) is 118 Å². The van der Waals surface area contributed by atoms with Crippen LogP contribution in [0.25, 0.3) is 5.69 Å². The Bertz CT molecular complexity index is 1240. The minimum absolute atomic E-state index is 0.0986. The number of hydrogen-bond acceptors (Lipinski definition) is 8. The van der Waals surface area contributed by atoms with Crippen molar-refractivity contribution in [3.8, 4) is 22.9 Å². The predicted octanol–water partition coefficient (Wildman–Crippen LogP) is 2.75. The van der Waals surface area contributed by atoms with Crippen LogP contribution in [0.2, 0.25) is 0 Å². The van der Waals surface area contributed by atoms with Crippen LogP contribution in [-0.2, 0) is 9.53 Å². The van der Waals surface area contributed by atoms with Gasteiger partial charge < -0.3 is 24.3 Å². The first-order valence-corrected chi connectivity index (χ1v) is 10.4. The van der Waals surface area contributed by atoms with Crippen LogP contribution in [0.4, 0.5) is 5.69 Å². The number of rotatable bonds is 9. The van der Waals surface area contributed by atoms with Crippen molar-refractivity contribution < 1.29 is 28.5 Å². The van der Waals surface area contributed by atoms with Gasteiger partial charge in [0.25, 0.3) is 11.5 Å². The Morgan fingerprint density at radius 1 is 1.00 bits per heavy atom. The molecule has 178 valence electrons. The second-order valence-electron chi connectivity index (χ2n) is 7.07. The fourth-order valence-corrected chi connectivity index (χ4v) is 2.99. The van der Waals surface area contributed by atoms with Crippen LogP contribution in [0.15, 0.2) is 53.3 Å². The lowest BCUT2D eigenvalue weighted by Gasteiger charge is -2.14. The summed E-state index contributed by atoms with van der Waals surface area (Å²) in [5, 5.41) is 6.79. The number of benzene rings is 2. The quantitative estimate of drug-likeness (QED) is 0.478. The molecular formula is C24H25N3O7. The number of carbonyl (C=O) groups excluding carboxylic acids is 2. The standard InChI is InChI=1S/C24H25N3O7/c1-5-33-24(30)23-20(13-22(29)27(26-23)16-8-6-15(2)7-9-16)34-14-21(28)25-18-11-10-17(31-3)12-19(18)32-4/h6-13H,5,14H2,1-4H3,(H,25,28). The minimum atomic E-state index is -0.782. The van der Waals surface area contributed by atoms with Crippen molar-refractivity contribution in [3.05, 3.63) is 70.1 Å². The van der Waals surface area contributed by atoms with Crippen molar-refractivity contribution in [1.82, 2.24) is 9.78 Å². The molecule has 10 heteroatoms. The van der Waals surface area contributed by atoms with Gasteiger partial charge in [0.1, 0.15) is 11.5 Å². The van der Waals surface area contributed by atoms with Crippen LogP contribution in [0, 0.1) is 6.92 Å². The number of carbonyl (C=O) groups is 2. The van der Waals surface area contributed by atoms with E-state index in [1.165, 1.54) is 14.2 Å². The number of amides is 1. The Labute approximate surface area is 196 Å². The monoisotopic (exact) mass is 467 g/mol. The van der Waals surface area contributed by atoms with Crippen molar-refractivity contribution in [2.24, 2.45) is 0 Å². The Hall–Kier alpha value is -4.34. The molecule has 1 aromatic heterocycles. The van der Waals surface area contributed by atoms with Gasteiger partial charge in [0, 0.05) is 6.07 Å². The van der Waals surface area contributed by atoms with Gasteiger partial charge in [-0.2, -0.15) is 9.78 Å². The molecule has 0 bridgehead atoms. The second kappa shape index (κ2) is 11.0. The van der Waals surface area contributed by atoms with Gasteiger partial charge >= 0.3 is 5.97 Å². The van der Waals surface area contributed by atoms with E-state index in [0.29, 0.717) is 22.9 Å². The van der Waals surface area contributed by atoms with E-state index < -0.39 is 24.0 Å². The van der Waals surface area contributed by atoms with E-state index in [-0.39, 0.29) is 18.1 Å². The fourth-order valence-electron chi connectivity index (χ4n) is 2.99. The highest BCUT2D eigenvalue weighted by Crippen LogP contribution is 2.29. The zero-order chi connectivity index (χ0) is 24.7. The lowest BCUT2D eigenvalue weighted by Crippen LogP contribution is -2.27. The highest BCUT2D eigenvalue weighted by molar-refractivity contribution is 5.94. The van der Waals surface area contributed by atoms with Crippen LogP contribution in [0.1, 0.15) is 23.0 Å². The smallest absolute Gasteiger partial charge is 0.362 e. The molecule has 0 atom stereocenters. The van der Waals surface area contributed by atoms with Gasteiger partial charge in [0.2, 0.25) is 5.69 Å². The average Bonchev–Trinajstić information content (AvgIpc) is 2.83. The van der Waals surface area contributed by atoms with Crippen molar-refractivity contribution >= 4 is 17.6 Å². The first-order valence-electron chi connectivity index (χ1n) is 10.4. The molecule has 1 heterocycles. The van der Waals surface area contributed by atoms with Crippen LogP contribution >= 0.6 is 0 Å². The zero-order valence-corrected chi connectivity index (χ0v) is 19.3. The summed E-state index contributed by atoms with van der Waals surface area (Å²) in [4.78, 5) is 37.6. The lowest BCUT2D eigenvalue weighted by atomic mass is 10.2. The number of aryl methyl sites for hydroxylation is 1. The molecule has 3 aromatic rings. The molecule has 0 unspecified atom stereocenters. The number of esters is 1. The SMILES string of the molecule is CCOC(=O)c1nn(-c2ccc(C)cc2)c(=O)cc1OCC(=O)Nc1ccc(OC)cc1OC. The molecule has 0 radical (unpaired) electrons. The third kappa shape index (κ3) is 5.71. The molecule has 0 saturated heterocycles. The van der Waals surface area contributed by atoms with E-state index in [4.69, 9.17) is 18.9 Å². The highest BCUT2D eigenvalue weighted by Gasteiger charge is 2.21. The summed E-state index contributed by atoms with van der Waals surface area (Å²) >= 11 is 0. The number of ether oxygens (including phenoxy) is 4. The van der Waals surface area contributed by atoms with E-state index in [1.54, 1.807) is 37.3 Å². The summed E-state index contributed by atoms with van der Waals surface area (Å²) in [6.45, 7) is 3.16. The number of nitrogens with zero attached hydrogens (tertiary/aromatic N) is 2. The van der Waals surface area contributed by atoms with Crippen LogP contribution in [-0.4, -0.2) is 49.1 Å². The molecule has 0 aliphatic carbocycles. The van der Waals surface area contributed by atoms with E-state index in [1.807, 2.05) is 19.1 Å². The Kier molecular flexibility index (Phi) is 7.86. The zero-order valence-electron chi connectivity index (χ0n) is 19.3. The summed E-state index contributed by atoms with van der Waals surface area (Å²) in [5.41, 5.74) is 1.11. The molecule has 0 aliphatic rings. The van der Waals surface area contributed by atoms with E-state index in [9.17, 15) is 14.4 Å². The van der Waals surface area contributed by atoms with Gasteiger partial charge in [-0.15, -0.1) is 0 Å². The lowest BCUT2D eigenvalue weighted by molar-refractivity contribution is -0.118. The minimum Gasteiger partial charge on any atom is -0.497 e. The van der Waals surface area contributed by atoms with E-state index in [2.05, 4.69) is 10.4 Å². The summed E-state index contributed by atoms with van der Waals surface area (Å²) in [6.07, 6.45) is 0. The molecule has 10 nitrogen and oxygen atoms in total. The Morgan fingerprint density at radius 2 is 1.74 bits per heavy atom. The summed E-state index contributed by atoms with van der Waals surface area (Å²) in [7, 11) is 2.98. The average molecular weight is 467 g/mol. The maximum Gasteiger partial charge on any atom is 0.362 e.